The van der Waals surface area contributed by atoms with Crippen LogP contribution in [0.5, 0.6) is 5.75 Å². The highest BCUT2D eigenvalue weighted by atomic mass is 16.7. The molecule has 0 fully saturated rings. The quantitative estimate of drug-likeness (QED) is 0.0461. The van der Waals surface area contributed by atoms with Crippen LogP contribution in [0.3, 0.4) is 0 Å². The number of benzene rings is 1. The van der Waals surface area contributed by atoms with Crippen LogP contribution in [0.1, 0.15) is 149 Å². The van der Waals surface area contributed by atoms with Crippen LogP contribution in [-0.4, -0.2) is 28.3 Å². The van der Waals surface area contributed by atoms with Crippen LogP contribution in [0, 0.1) is 10.1 Å². The lowest BCUT2D eigenvalue weighted by Crippen LogP contribution is -2.18. The van der Waals surface area contributed by atoms with Crippen LogP contribution in [0.25, 0.3) is 0 Å². The van der Waals surface area contributed by atoms with E-state index in [4.69, 9.17) is 9.84 Å². The Morgan fingerprint density at radius 1 is 0.725 bits per heavy atom. The Bertz CT molecular complexity index is 751. The minimum Gasteiger partial charge on any atom is -0.462 e. The Morgan fingerprint density at radius 2 is 1.15 bits per heavy atom. The highest BCUT2D eigenvalue weighted by Gasteiger charge is 2.14. The third-order valence-corrected chi connectivity index (χ3v) is 6.79. The van der Waals surface area contributed by atoms with E-state index in [9.17, 15) is 19.7 Å². The summed E-state index contributed by atoms with van der Waals surface area (Å²) >= 11 is 0. The number of esters is 1. The van der Waals surface area contributed by atoms with Crippen molar-refractivity contribution in [3.05, 3.63) is 34.4 Å². The number of non-ortho nitro benzene ring substituents is 1. The number of carbonyl (C=O) groups is 2. The van der Waals surface area contributed by atoms with Gasteiger partial charge in [0.15, 0.2) is 0 Å². The predicted molar refractivity (Wildman–Crippen MR) is 161 cm³/mol. The first-order valence-electron chi connectivity index (χ1n) is 15.7. The van der Waals surface area contributed by atoms with E-state index < -0.39 is 11.1 Å². The number of hydrogen-bond acceptors (Lipinski definition) is 6. The smallest absolute Gasteiger partial charge is 0.462 e. The molecular formula is C32H55NO7. The minimum absolute atomic E-state index is 0.0495. The molecule has 0 radical (unpaired) electrons. The van der Waals surface area contributed by atoms with Crippen LogP contribution in [0.4, 0.5) is 10.5 Å². The van der Waals surface area contributed by atoms with Gasteiger partial charge in [0.1, 0.15) is 11.9 Å². The molecule has 230 valence electrons. The van der Waals surface area contributed by atoms with Gasteiger partial charge in [0.25, 0.3) is 5.69 Å². The summed E-state index contributed by atoms with van der Waals surface area (Å²) in [4.78, 5) is 31.8. The number of rotatable bonds is 23. The molecule has 1 aromatic carbocycles. The fourth-order valence-electron chi connectivity index (χ4n) is 4.42. The summed E-state index contributed by atoms with van der Waals surface area (Å²) in [7, 11) is 0. The number of nitrogens with zero attached hydrogens (tertiary/aromatic N) is 1. The number of hydrogen-bond donors (Lipinski definition) is 1. The molecule has 0 unspecified atom stereocenters. The van der Waals surface area contributed by atoms with Gasteiger partial charge in [-0.05, 0) is 44.2 Å². The van der Waals surface area contributed by atoms with Gasteiger partial charge in [-0.25, -0.2) is 4.79 Å². The van der Waals surface area contributed by atoms with E-state index in [-0.39, 0.29) is 23.5 Å². The Morgan fingerprint density at radius 3 is 1.57 bits per heavy atom. The number of ether oxygens (including phenoxy) is 2. The molecule has 1 aromatic rings. The van der Waals surface area contributed by atoms with Gasteiger partial charge in [0, 0.05) is 18.6 Å². The summed E-state index contributed by atoms with van der Waals surface area (Å²) in [6, 6.07) is 4.76. The normalized spacial score (nSPS) is 10.6. The number of carbonyl (C=O) groups excluding carboxylic acids is 1. The second-order valence-corrected chi connectivity index (χ2v) is 10.5. The average Bonchev–Trinajstić information content (AvgIpc) is 2.92. The summed E-state index contributed by atoms with van der Waals surface area (Å²) in [5, 5.41) is 18.4. The number of nitro benzene ring substituents is 1. The van der Waals surface area contributed by atoms with Crippen molar-refractivity contribution in [3.63, 3.8) is 0 Å². The SMILES string of the molecule is CCCCCCCCC(CCCCCCCC)OC(=O)CCCCCCC.O=C(O)Oc1ccc([N+](=O)[O-])cc1. The van der Waals surface area contributed by atoms with Crippen molar-refractivity contribution < 1.29 is 29.1 Å². The monoisotopic (exact) mass is 565 g/mol. The van der Waals surface area contributed by atoms with Crippen LogP contribution in [-0.2, 0) is 9.53 Å². The van der Waals surface area contributed by atoms with E-state index in [1.165, 1.54) is 115 Å². The van der Waals surface area contributed by atoms with Crippen molar-refractivity contribution >= 4 is 17.8 Å². The van der Waals surface area contributed by atoms with Crippen LogP contribution < -0.4 is 4.74 Å². The van der Waals surface area contributed by atoms with Gasteiger partial charge >= 0.3 is 12.1 Å². The van der Waals surface area contributed by atoms with E-state index in [0.29, 0.717) is 6.42 Å². The summed E-state index contributed by atoms with van der Waals surface area (Å²) in [5.41, 5.74) is -0.113. The molecule has 0 saturated heterocycles. The molecule has 0 aliphatic heterocycles. The van der Waals surface area contributed by atoms with E-state index >= 15 is 0 Å². The van der Waals surface area contributed by atoms with Gasteiger partial charge in [-0.1, -0.05) is 111 Å². The first-order valence-corrected chi connectivity index (χ1v) is 15.7. The molecule has 0 heterocycles. The predicted octanol–water partition coefficient (Wildman–Crippen LogP) is 10.4. The van der Waals surface area contributed by atoms with Crippen LogP contribution in [0.2, 0.25) is 0 Å². The largest absolute Gasteiger partial charge is 0.511 e. The molecule has 0 aromatic heterocycles. The molecule has 8 nitrogen and oxygen atoms in total. The van der Waals surface area contributed by atoms with Crippen LogP contribution >= 0.6 is 0 Å². The first kappa shape index (κ1) is 37.4. The average molecular weight is 566 g/mol. The highest BCUT2D eigenvalue weighted by molar-refractivity contribution is 5.69. The Hall–Kier alpha value is -2.64. The summed E-state index contributed by atoms with van der Waals surface area (Å²) in [5.74, 6) is 0.103. The van der Waals surface area contributed by atoms with Crippen molar-refractivity contribution in [2.45, 2.75) is 155 Å². The third-order valence-electron chi connectivity index (χ3n) is 6.79. The molecule has 1 rings (SSSR count). The fourth-order valence-corrected chi connectivity index (χ4v) is 4.42. The second kappa shape index (κ2) is 26.6. The van der Waals surface area contributed by atoms with Gasteiger partial charge in [0.2, 0.25) is 0 Å². The van der Waals surface area contributed by atoms with Crippen LogP contribution in [0.15, 0.2) is 24.3 Å². The van der Waals surface area contributed by atoms with Crippen molar-refractivity contribution in [2.75, 3.05) is 0 Å². The zero-order chi connectivity index (χ0) is 29.8. The van der Waals surface area contributed by atoms with Gasteiger partial charge < -0.3 is 14.6 Å². The molecule has 0 spiro atoms. The zero-order valence-electron chi connectivity index (χ0n) is 25.4. The van der Waals surface area contributed by atoms with Crippen molar-refractivity contribution in [1.82, 2.24) is 0 Å². The van der Waals surface area contributed by atoms with E-state index in [1.807, 2.05) is 0 Å². The Balaban J connectivity index is 0.000000968. The maximum atomic E-state index is 12.2. The molecular weight excluding hydrogens is 510 g/mol. The Labute approximate surface area is 242 Å². The highest BCUT2D eigenvalue weighted by Crippen LogP contribution is 2.19. The van der Waals surface area contributed by atoms with Gasteiger partial charge in [0.05, 0.1) is 4.92 Å². The molecule has 0 aliphatic carbocycles. The van der Waals surface area contributed by atoms with E-state index in [0.717, 1.165) is 31.4 Å². The molecule has 40 heavy (non-hydrogen) atoms. The lowest BCUT2D eigenvalue weighted by Gasteiger charge is -2.18. The molecule has 1 N–H and O–H groups in total. The second-order valence-electron chi connectivity index (χ2n) is 10.5. The first-order chi connectivity index (χ1) is 19.3. The minimum atomic E-state index is -1.45. The molecule has 0 aliphatic rings. The Kier molecular flexibility index (Phi) is 24.8. The van der Waals surface area contributed by atoms with Crippen molar-refractivity contribution in [2.24, 2.45) is 0 Å². The standard InChI is InChI=1S/C25H50O2.C7H5NO5/c1-4-7-10-13-16-18-21-24(22-19-17-14-11-8-5-2)27-25(26)23-20-15-12-9-6-3;9-7(10)13-6-3-1-5(2-4-6)8(11)12/h24H,4-23H2,1-3H3;1-4H,(H,9,10). The lowest BCUT2D eigenvalue weighted by atomic mass is 10.0. The molecule has 0 amide bonds. The topological polar surface area (TPSA) is 116 Å². The molecule has 0 saturated carbocycles. The number of unbranched alkanes of at least 4 members (excludes halogenated alkanes) is 14. The maximum Gasteiger partial charge on any atom is 0.511 e. The molecule has 0 bridgehead atoms. The molecule has 0 atom stereocenters. The van der Waals surface area contributed by atoms with E-state index in [2.05, 4.69) is 25.5 Å². The van der Waals surface area contributed by atoms with Gasteiger partial charge in [-0.3, -0.25) is 14.9 Å². The number of carboxylic acid groups (broad SMARTS) is 1. The molecule has 8 heteroatoms. The van der Waals surface area contributed by atoms with E-state index in [1.54, 1.807) is 0 Å². The van der Waals surface area contributed by atoms with Gasteiger partial charge in [-0.15, -0.1) is 0 Å². The number of nitro groups is 1. The summed E-state index contributed by atoms with van der Waals surface area (Å²) in [6.07, 6.45) is 23.2. The lowest BCUT2D eigenvalue weighted by molar-refractivity contribution is -0.384. The maximum absolute atomic E-state index is 12.2. The van der Waals surface area contributed by atoms with Gasteiger partial charge in [-0.2, -0.15) is 0 Å². The third kappa shape index (κ3) is 23.3. The fraction of sp³-hybridized carbons (Fsp3) is 0.750. The summed E-state index contributed by atoms with van der Waals surface area (Å²) < 4.78 is 10.1. The summed E-state index contributed by atoms with van der Waals surface area (Å²) in [6.45, 7) is 6.75. The van der Waals surface area contributed by atoms with Crippen molar-refractivity contribution in [1.29, 1.82) is 0 Å². The zero-order valence-corrected chi connectivity index (χ0v) is 25.4. The van der Waals surface area contributed by atoms with Crippen molar-refractivity contribution in [3.8, 4) is 5.75 Å².